The van der Waals surface area contributed by atoms with Crippen LogP contribution in [0, 0.1) is 0 Å². The van der Waals surface area contributed by atoms with E-state index in [1.54, 1.807) is 0 Å². The Bertz CT molecular complexity index is 293. The van der Waals surface area contributed by atoms with Crippen molar-refractivity contribution >= 4 is 18.3 Å². The van der Waals surface area contributed by atoms with Crippen molar-refractivity contribution in [2.24, 2.45) is 0 Å². The van der Waals surface area contributed by atoms with E-state index in [1.165, 1.54) is 0 Å². The van der Waals surface area contributed by atoms with Crippen molar-refractivity contribution in [3.8, 4) is 0 Å². The van der Waals surface area contributed by atoms with Crippen molar-refractivity contribution in [3.63, 3.8) is 0 Å². The van der Waals surface area contributed by atoms with Crippen LogP contribution in [0.2, 0.25) is 0 Å². The number of piperidine rings is 1. The Kier molecular flexibility index (Phi) is 9.28. The van der Waals surface area contributed by atoms with E-state index < -0.39 is 42.9 Å². The maximum atomic E-state index is 11.9. The molecule has 5 atom stereocenters. The number of rotatable bonds is 6. The molecule has 1 amide bonds. The molecular formula is C12H25ClN2O5. The fraction of sp³-hybridized carbons (Fsp3) is 0.917. The van der Waals surface area contributed by atoms with Crippen LogP contribution in [0.5, 0.6) is 0 Å². The first kappa shape index (κ1) is 19.6. The first-order valence-electron chi connectivity index (χ1n) is 6.71. The lowest BCUT2D eigenvalue weighted by Gasteiger charge is -2.40. The van der Waals surface area contributed by atoms with E-state index >= 15 is 0 Å². The topological polar surface area (TPSA) is 122 Å². The van der Waals surface area contributed by atoms with Crippen LogP contribution in [0.3, 0.4) is 0 Å². The first-order valence-corrected chi connectivity index (χ1v) is 6.71. The van der Waals surface area contributed by atoms with E-state index in [1.807, 2.05) is 0 Å². The minimum atomic E-state index is -1.45. The second-order valence-electron chi connectivity index (χ2n) is 4.90. The zero-order valence-electron chi connectivity index (χ0n) is 11.5. The van der Waals surface area contributed by atoms with Gasteiger partial charge in [0.15, 0.2) is 0 Å². The summed E-state index contributed by atoms with van der Waals surface area (Å²) in [6, 6.07) is -1.86. The lowest BCUT2D eigenvalue weighted by atomic mass is 9.90. The molecule has 1 fully saturated rings. The van der Waals surface area contributed by atoms with E-state index in [9.17, 15) is 20.1 Å². The van der Waals surface area contributed by atoms with Gasteiger partial charge in [0.05, 0.1) is 12.6 Å². The summed E-state index contributed by atoms with van der Waals surface area (Å²) in [7, 11) is 0. The molecule has 0 saturated carbocycles. The second-order valence-corrected chi connectivity index (χ2v) is 4.90. The van der Waals surface area contributed by atoms with Crippen molar-refractivity contribution in [1.82, 2.24) is 10.6 Å². The van der Waals surface area contributed by atoms with Gasteiger partial charge in [-0.05, 0) is 6.42 Å². The molecule has 0 aliphatic carbocycles. The van der Waals surface area contributed by atoms with E-state index in [2.05, 4.69) is 17.6 Å². The number of carbonyl (C=O) groups is 1. The van der Waals surface area contributed by atoms with Crippen LogP contribution in [0.4, 0.5) is 0 Å². The summed E-state index contributed by atoms with van der Waals surface area (Å²) in [5.41, 5.74) is 0. The molecule has 1 aliphatic heterocycles. The molecule has 0 radical (unpaired) electrons. The molecule has 1 saturated heterocycles. The SMILES string of the molecule is CCCCCNC(=O)[C@H]1N[C@H](CO)[C@@H](O)[C@H](O)[C@H]1O.Cl. The molecule has 1 heterocycles. The molecule has 6 N–H and O–H groups in total. The highest BCUT2D eigenvalue weighted by Gasteiger charge is 2.44. The number of aliphatic hydroxyl groups is 4. The van der Waals surface area contributed by atoms with Crippen molar-refractivity contribution in [2.45, 2.75) is 56.6 Å². The van der Waals surface area contributed by atoms with Gasteiger partial charge in [0.1, 0.15) is 24.4 Å². The largest absolute Gasteiger partial charge is 0.395 e. The van der Waals surface area contributed by atoms with Crippen LogP contribution >= 0.6 is 12.4 Å². The van der Waals surface area contributed by atoms with Crippen LogP contribution in [-0.4, -0.2) is 69.9 Å². The second kappa shape index (κ2) is 9.49. The summed E-state index contributed by atoms with van der Waals surface area (Å²) in [5.74, 6) is -0.437. The molecule has 0 spiro atoms. The number of halogens is 1. The van der Waals surface area contributed by atoms with Gasteiger partial charge in [0.25, 0.3) is 0 Å². The smallest absolute Gasteiger partial charge is 0.239 e. The summed E-state index contributed by atoms with van der Waals surface area (Å²) >= 11 is 0. The summed E-state index contributed by atoms with van der Waals surface area (Å²) in [5, 5.41) is 43.4. The van der Waals surface area contributed by atoms with E-state index in [-0.39, 0.29) is 12.4 Å². The quantitative estimate of drug-likeness (QED) is 0.320. The number of hydrogen-bond acceptors (Lipinski definition) is 6. The maximum absolute atomic E-state index is 11.9. The Hall–Kier alpha value is -0.440. The van der Waals surface area contributed by atoms with Gasteiger partial charge in [-0.1, -0.05) is 19.8 Å². The molecule has 7 nitrogen and oxygen atoms in total. The van der Waals surface area contributed by atoms with Crippen molar-refractivity contribution in [3.05, 3.63) is 0 Å². The standard InChI is InChI=1S/C12H24N2O5.ClH/c1-2-3-4-5-13-12(19)8-10(17)11(18)9(16)7(6-15)14-8;/h7-11,14-18H,2-6H2,1H3,(H,13,19);1H/t7-,8+,9-,10+,11+;/m1./s1. The zero-order valence-corrected chi connectivity index (χ0v) is 12.3. The van der Waals surface area contributed by atoms with Gasteiger partial charge in [-0.25, -0.2) is 0 Å². The highest BCUT2D eigenvalue weighted by molar-refractivity contribution is 5.85. The van der Waals surface area contributed by atoms with E-state index in [4.69, 9.17) is 5.11 Å². The first-order chi connectivity index (χ1) is 9.02. The maximum Gasteiger partial charge on any atom is 0.239 e. The molecular weight excluding hydrogens is 288 g/mol. The van der Waals surface area contributed by atoms with Gasteiger partial charge in [-0.15, -0.1) is 12.4 Å². The molecule has 120 valence electrons. The number of carbonyl (C=O) groups excluding carboxylic acids is 1. The number of hydrogen-bond donors (Lipinski definition) is 6. The van der Waals surface area contributed by atoms with Gasteiger partial charge in [0.2, 0.25) is 5.91 Å². The summed E-state index contributed by atoms with van der Waals surface area (Å²) < 4.78 is 0. The lowest BCUT2D eigenvalue weighted by Crippen LogP contribution is -2.69. The third kappa shape index (κ3) is 4.83. The molecule has 1 aliphatic rings. The Labute approximate surface area is 124 Å². The van der Waals surface area contributed by atoms with Crippen molar-refractivity contribution < 1.29 is 25.2 Å². The Morgan fingerprint density at radius 3 is 2.35 bits per heavy atom. The predicted molar refractivity (Wildman–Crippen MR) is 75.6 cm³/mol. The number of amides is 1. The highest BCUT2D eigenvalue weighted by atomic mass is 35.5. The van der Waals surface area contributed by atoms with Crippen LogP contribution < -0.4 is 10.6 Å². The van der Waals surface area contributed by atoms with Crippen LogP contribution in [0.1, 0.15) is 26.2 Å². The molecule has 8 heteroatoms. The van der Waals surface area contributed by atoms with Crippen LogP contribution in [0.15, 0.2) is 0 Å². The van der Waals surface area contributed by atoms with E-state index in [0.29, 0.717) is 6.54 Å². The third-order valence-corrected chi connectivity index (χ3v) is 3.41. The van der Waals surface area contributed by atoms with Gasteiger partial charge >= 0.3 is 0 Å². The number of aliphatic hydroxyl groups excluding tert-OH is 4. The number of unbranched alkanes of at least 4 members (excludes halogenated alkanes) is 2. The molecule has 0 aromatic rings. The molecule has 0 unspecified atom stereocenters. The van der Waals surface area contributed by atoms with Crippen molar-refractivity contribution in [2.75, 3.05) is 13.2 Å². The van der Waals surface area contributed by atoms with Crippen LogP contribution in [0.25, 0.3) is 0 Å². The zero-order chi connectivity index (χ0) is 14.4. The molecule has 0 bridgehead atoms. The van der Waals surface area contributed by atoms with Crippen molar-refractivity contribution in [1.29, 1.82) is 0 Å². The average molecular weight is 313 g/mol. The fourth-order valence-electron chi connectivity index (χ4n) is 2.15. The molecule has 20 heavy (non-hydrogen) atoms. The average Bonchev–Trinajstić information content (AvgIpc) is 2.41. The Balaban J connectivity index is 0.00000361. The lowest BCUT2D eigenvalue weighted by molar-refractivity contribution is -0.145. The molecule has 0 aromatic heterocycles. The fourth-order valence-corrected chi connectivity index (χ4v) is 2.15. The van der Waals surface area contributed by atoms with E-state index in [0.717, 1.165) is 19.3 Å². The van der Waals surface area contributed by atoms with Gasteiger partial charge in [-0.2, -0.15) is 0 Å². The minimum Gasteiger partial charge on any atom is -0.395 e. The third-order valence-electron chi connectivity index (χ3n) is 3.41. The number of nitrogens with one attached hydrogen (secondary N) is 2. The predicted octanol–water partition coefficient (Wildman–Crippen LogP) is -1.87. The summed E-state index contributed by atoms with van der Waals surface area (Å²) in [4.78, 5) is 11.9. The summed E-state index contributed by atoms with van der Waals surface area (Å²) in [6.07, 6.45) is -1.27. The van der Waals surface area contributed by atoms with Gasteiger partial charge in [0, 0.05) is 6.54 Å². The molecule has 0 aromatic carbocycles. The normalized spacial score (nSPS) is 33.4. The van der Waals surface area contributed by atoms with Crippen LogP contribution in [-0.2, 0) is 4.79 Å². The molecule has 1 rings (SSSR count). The highest BCUT2D eigenvalue weighted by Crippen LogP contribution is 2.15. The van der Waals surface area contributed by atoms with Gasteiger partial charge in [-0.3, -0.25) is 10.1 Å². The Morgan fingerprint density at radius 1 is 1.15 bits per heavy atom. The minimum absolute atomic E-state index is 0. The monoisotopic (exact) mass is 312 g/mol. The summed E-state index contributed by atoms with van der Waals surface area (Å²) in [6.45, 7) is 2.13. The Morgan fingerprint density at radius 2 is 1.80 bits per heavy atom. The van der Waals surface area contributed by atoms with Gasteiger partial charge < -0.3 is 25.7 Å².